The molecule has 2 fully saturated rings. The van der Waals surface area contributed by atoms with Crippen molar-refractivity contribution in [3.8, 4) is 0 Å². The molecule has 1 aromatic rings. The summed E-state index contributed by atoms with van der Waals surface area (Å²) in [6, 6.07) is 8.46. The van der Waals surface area contributed by atoms with E-state index >= 15 is 0 Å². The number of aldehydes is 1. The lowest BCUT2D eigenvalue weighted by molar-refractivity contribution is -0.111. The fraction of sp³-hybridized carbons (Fsp3) is 0.500. The van der Waals surface area contributed by atoms with Crippen molar-refractivity contribution in [3.05, 3.63) is 35.9 Å². The van der Waals surface area contributed by atoms with Crippen molar-refractivity contribution >= 4 is 12.4 Å². The van der Waals surface area contributed by atoms with Crippen LogP contribution >= 0.6 is 0 Å². The van der Waals surface area contributed by atoms with Gasteiger partial charge >= 0.3 is 6.09 Å². The molecule has 0 N–H and O–H groups in total. The molecule has 1 heterocycles. The number of hydrogen-bond acceptors (Lipinski definition) is 3. The van der Waals surface area contributed by atoms with E-state index in [2.05, 4.69) is 0 Å². The molecule has 1 unspecified atom stereocenters. The molecule has 0 bridgehead atoms. The van der Waals surface area contributed by atoms with Crippen LogP contribution in [0.15, 0.2) is 30.3 Å². The van der Waals surface area contributed by atoms with Crippen LogP contribution in [0.5, 0.6) is 0 Å². The highest BCUT2D eigenvalue weighted by molar-refractivity contribution is 5.69. The van der Waals surface area contributed by atoms with Gasteiger partial charge < -0.3 is 9.53 Å². The first-order valence-electron chi connectivity index (χ1n) is 7.31. The number of benzene rings is 1. The maximum atomic E-state index is 14.0. The first-order chi connectivity index (χ1) is 10.5. The summed E-state index contributed by atoms with van der Waals surface area (Å²) in [6.45, 7) is -0.572. The Labute approximate surface area is 127 Å². The molecule has 0 spiro atoms. The zero-order valence-electron chi connectivity index (χ0n) is 12.0. The summed E-state index contributed by atoms with van der Waals surface area (Å²) in [5.74, 6) is -4.29. The molecule has 2 aliphatic rings. The molecule has 1 amide bonds. The molecule has 6 heteroatoms. The average Bonchev–Trinajstić information content (AvgIpc) is 3.05. The molecule has 1 aromatic carbocycles. The Hall–Kier alpha value is -1.98. The van der Waals surface area contributed by atoms with E-state index in [-0.39, 0.29) is 13.0 Å². The Morgan fingerprint density at radius 2 is 2.05 bits per heavy atom. The Morgan fingerprint density at radius 3 is 2.73 bits per heavy atom. The number of nitrogens with zero attached hydrogens (tertiary/aromatic N) is 1. The van der Waals surface area contributed by atoms with E-state index in [1.165, 1.54) is 0 Å². The third-order valence-corrected chi connectivity index (χ3v) is 4.52. The van der Waals surface area contributed by atoms with Crippen molar-refractivity contribution in [2.45, 2.75) is 31.4 Å². The molecule has 22 heavy (non-hydrogen) atoms. The second-order valence-corrected chi connectivity index (χ2v) is 5.97. The molecule has 4 nitrogen and oxygen atoms in total. The number of halogens is 2. The number of carbonyl (C=O) groups excluding carboxylic acids is 2. The standard InChI is InChI=1S/C16H17F2NO3/c17-16(18)10-19(14-7-12(8-20)6-13(14)16)15(21)22-9-11-4-2-1-3-5-11/h1-5,8,12-14H,6-7,9-10H2/t12?,13-,14+/m1/s1. The summed E-state index contributed by atoms with van der Waals surface area (Å²) in [5.41, 5.74) is 0.801. The topological polar surface area (TPSA) is 46.6 Å². The molecule has 0 radical (unpaired) electrons. The summed E-state index contributed by atoms with van der Waals surface area (Å²) in [6.07, 6.45) is 0.415. The van der Waals surface area contributed by atoms with Gasteiger partial charge in [0, 0.05) is 17.9 Å². The second kappa shape index (κ2) is 5.66. The minimum Gasteiger partial charge on any atom is -0.445 e. The van der Waals surface area contributed by atoms with Gasteiger partial charge in [-0.1, -0.05) is 30.3 Å². The van der Waals surface area contributed by atoms with Crippen molar-refractivity contribution in [2.75, 3.05) is 6.54 Å². The second-order valence-electron chi connectivity index (χ2n) is 5.97. The highest BCUT2D eigenvalue weighted by Crippen LogP contribution is 2.48. The monoisotopic (exact) mass is 309 g/mol. The molecule has 1 saturated carbocycles. The number of fused-ring (bicyclic) bond motifs is 1. The largest absolute Gasteiger partial charge is 0.445 e. The van der Waals surface area contributed by atoms with Gasteiger partial charge in [-0.2, -0.15) is 0 Å². The number of rotatable bonds is 3. The maximum Gasteiger partial charge on any atom is 0.410 e. The van der Waals surface area contributed by atoms with E-state index in [1.807, 2.05) is 18.2 Å². The Bertz CT molecular complexity index is 564. The van der Waals surface area contributed by atoms with Gasteiger partial charge in [-0.25, -0.2) is 13.6 Å². The third-order valence-electron chi connectivity index (χ3n) is 4.52. The molecule has 1 aliphatic carbocycles. The number of ether oxygens (including phenoxy) is 1. The van der Waals surface area contributed by atoms with E-state index in [0.717, 1.165) is 10.5 Å². The highest BCUT2D eigenvalue weighted by Gasteiger charge is 2.59. The molecule has 3 atom stereocenters. The highest BCUT2D eigenvalue weighted by atomic mass is 19.3. The van der Waals surface area contributed by atoms with Crippen LogP contribution in [0.1, 0.15) is 18.4 Å². The van der Waals surface area contributed by atoms with Gasteiger partial charge in [0.2, 0.25) is 0 Å². The first-order valence-corrected chi connectivity index (χ1v) is 7.31. The number of amides is 1. The molecular weight excluding hydrogens is 292 g/mol. The lowest BCUT2D eigenvalue weighted by Gasteiger charge is -2.22. The van der Waals surface area contributed by atoms with E-state index in [4.69, 9.17) is 4.74 Å². The zero-order valence-corrected chi connectivity index (χ0v) is 12.0. The molecule has 3 rings (SSSR count). The van der Waals surface area contributed by atoms with E-state index in [0.29, 0.717) is 12.7 Å². The first kappa shape index (κ1) is 14.9. The summed E-state index contributed by atoms with van der Waals surface area (Å²) < 4.78 is 33.2. The van der Waals surface area contributed by atoms with Gasteiger partial charge in [-0.3, -0.25) is 4.90 Å². The summed E-state index contributed by atoms with van der Waals surface area (Å²) >= 11 is 0. The van der Waals surface area contributed by atoms with E-state index < -0.39 is 36.4 Å². The predicted molar refractivity (Wildman–Crippen MR) is 74.3 cm³/mol. The van der Waals surface area contributed by atoms with Gasteiger partial charge in [-0.15, -0.1) is 0 Å². The minimum absolute atomic E-state index is 0.0518. The van der Waals surface area contributed by atoms with Gasteiger partial charge in [0.05, 0.1) is 6.54 Å². The third kappa shape index (κ3) is 2.69. The zero-order chi connectivity index (χ0) is 15.7. The van der Waals surface area contributed by atoms with E-state index in [1.54, 1.807) is 12.1 Å². The number of alkyl halides is 2. The minimum atomic E-state index is -2.95. The lowest BCUT2D eigenvalue weighted by Crippen LogP contribution is -2.37. The van der Waals surface area contributed by atoms with Crippen LogP contribution in [-0.4, -0.2) is 35.8 Å². The SMILES string of the molecule is O=CC1C[C@@H]2[C@H](C1)N(C(=O)OCc1ccccc1)CC2(F)F. The van der Waals surface area contributed by atoms with Gasteiger partial charge in [0.1, 0.15) is 12.9 Å². The van der Waals surface area contributed by atoms with Crippen molar-refractivity contribution in [2.24, 2.45) is 11.8 Å². The van der Waals surface area contributed by atoms with Crippen molar-refractivity contribution in [3.63, 3.8) is 0 Å². The van der Waals surface area contributed by atoms with Crippen molar-refractivity contribution in [1.82, 2.24) is 4.90 Å². The van der Waals surface area contributed by atoms with Crippen molar-refractivity contribution < 1.29 is 23.1 Å². The molecular formula is C16H17F2NO3. The number of carbonyl (C=O) groups is 2. The fourth-order valence-electron chi connectivity index (χ4n) is 3.43. The lowest BCUT2D eigenvalue weighted by atomic mass is 10.00. The quantitative estimate of drug-likeness (QED) is 0.807. The smallest absolute Gasteiger partial charge is 0.410 e. The summed E-state index contributed by atoms with van der Waals surface area (Å²) in [4.78, 5) is 24.1. The fourth-order valence-corrected chi connectivity index (χ4v) is 3.43. The number of hydrogen-bond donors (Lipinski definition) is 0. The Balaban J connectivity index is 1.66. The summed E-state index contributed by atoms with van der Waals surface area (Å²) in [5, 5.41) is 0. The van der Waals surface area contributed by atoms with E-state index in [9.17, 15) is 18.4 Å². The predicted octanol–water partition coefficient (Wildman–Crippen LogP) is 2.87. The molecule has 118 valence electrons. The van der Waals surface area contributed by atoms with Crippen LogP contribution in [0.4, 0.5) is 13.6 Å². The normalized spacial score (nSPS) is 29.2. The van der Waals surface area contributed by atoms with Crippen LogP contribution in [0.25, 0.3) is 0 Å². The van der Waals surface area contributed by atoms with Gasteiger partial charge in [-0.05, 0) is 18.4 Å². The Morgan fingerprint density at radius 1 is 1.32 bits per heavy atom. The van der Waals surface area contributed by atoms with Crippen LogP contribution in [0.2, 0.25) is 0 Å². The number of likely N-dealkylation sites (tertiary alicyclic amines) is 1. The molecule has 1 saturated heterocycles. The van der Waals surface area contributed by atoms with Gasteiger partial charge in [0.25, 0.3) is 5.92 Å². The van der Waals surface area contributed by atoms with Crippen LogP contribution < -0.4 is 0 Å². The Kier molecular flexibility index (Phi) is 3.85. The van der Waals surface area contributed by atoms with Crippen LogP contribution in [0, 0.1) is 11.8 Å². The van der Waals surface area contributed by atoms with Gasteiger partial charge in [0.15, 0.2) is 0 Å². The summed E-state index contributed by atoms with van der Waals surface area (Å²) in [7, 11) is 0. The van der Waals surface area contributed by atoms with Crippen molar-refractivity contribution in [1.29, 1.82) is 0 Å². The van der Waals surface area contributed by atoms with Crippen LogP contribution in [0.3, 0.4) is 0 Å². The maximum absolute atomic E-state index is 14.0. The molecule has 0 aromatic heterocycles. The molecule has 1 aliphatic heterocycles. The van der Waals surface area contributed by atoms with Crippen LogP contribution in [-0.2, 0) is 16.1 Å². The average molecular weight is 309 g/mol.